The third kappa shape index (κ3) is 3.14. The van der Waals surface area contributed by atoms with Crippen LogP contribution in [0.25, 0.3) is 0 Å². The quantitative estimate of drug-likeness (QED) is 0.841. The van der Waals surface area contributed by atoms with Crippen LogP contribution < -0.4 is 15.4 Å². The Morgan fingerprint density at radius 1 is 1.26 bits per heavy atom. The number of methoxy groups -OCH3 is 1. The van der Waals surface area contributed by atoms with Gasteiger partial charge in [-0.05, 0) is 43.7 Å². The number of benzene rings is 1. The van der Waals surface area contributed by atoms with Crippen LogP contribution in [0.5, 0.6) is 5.75 Å². The minimum Gasteiger partial charge on any atom is -0.495 e. The largest absolute Gasteiger partial charge is 0.495 e. The molecule has 19 heavy (non-hydrogen) atoms. The average molecular weight is 262 g/mol. The number of hydrogen-bond donors (Lipinski definition) is 1. The van der Waals surface area contributed by atoms with Crippen LogP contribution in [0.4, 0.5) is 11.4 Å². The van der Waals surface area contributed by atoms with Crippen molar-refractivity contribution in [3.63, 3.8) is 0 Å². The van der Waals surface area contributed by atoms with Crippen LogP contribution in [0.2, 0.25) is 0 Å². The van der Waals surface area contributed by atoms with Gasteiger partial charge in [-0.1, -0.05) is 13.3 Å². The number of nitrogens with two attached hydrogens (primary N) is 1. The fourth-order valence-corrected chi connectivity index (χ4v) is 3.07. The third-order valence-corrected chi connectivity index (χ3v) is 4.57. The van der Waals surface area contributed by atoms with Gasteiger partial charge in [0.25, 0.3) is 0 Å². The Kier molecular flexibility index (Phi) is 4.56. The summed E-state index contributed by atoms with van der Waals surface area (Å²) in [6, 6.07) is 6.71. The molecule has 3 nitrogen and oxygen atoms in total. The lowest BCUT2D eigenvalue weighted by Gasteiger charge is -2.36. The van der Waals surface area contributed by atoms with Gasteiger partial charge in [-0.2, -0.15) is 0 Å². The van der Waals surface area contributed by atoms with Crippen molar-refractivity contribution < 1.29 is 4.74 Å². The first-order chi connectivity index (χ1) is 9.15. The van der Waals surface area contributed by atoms with Crippen molar-refractivity contribution >= 4 is 11.4 Å². The summed E-state index contributed by atoms with van der Waals surface area (Å²) in [5.41, 5.74) is 7.77. The van der Waals surface area contributed by atoms with E-state index in [0.29, 0.717) is 11.7 Å². The fourth-order valence-electron chi connectivity index (χ4n) is 3.07. The van der Waals surface area contributed by atoms with Gasteiger partial charge in [0.1, 0.15) is 5.75 Å². The molecule has 0 saturated heterocycles. The Balaban J connectivity index is 2.05. The van der Waals surface area contributed by atoms with Gasteiger partial charge in [-0.25, -0.2) is 0 Å². The SMILES string of the molecule is CCC1CCC(N(C)c2ccc(N)c(OC)c2)CC1. The van der Waals surface area contributed by atoms with Crippen LogP contribution >= 0.6 is 0 Å². The smallest absolute Gasteiger partial charge is 0.143 e. The Hall–Kier alpha value is -1.38. The van der Waals surface area contributed by atoms with Crippen LogP contribution in [0, 0.1) is 5.92 Å². The molecular weight excluding hydrogens is 236 g/mol. The zero-order chi connectivity index (χ0) is 13.8. The molecule has 1 fully saturated rings. The van der Waals surface area contributed by atoms with E-state index in [1.165, 1.54) is 37.8 Å². The molecule has 0 aliphatic heterocycles. The molecule has 1 aromatic carbocycles. The number of nitrogen functional groups attached to an aromatic ring is 1. The molecule has 3 heteroatoms. The predicted molar refractivity (Wildman–Crippen MR) is 81.8 cm³/mol. The van der Waals surface area contributed by atoms with Crippen molar-refractivity contribution in [2.45, 2.75) is 45.1 Å². The molecule has 1 aliphatic rings. The summed E-state index contributed by atoms with van der Waals surface area (Å²) in [7, 11) is 3.85. The van der Waals surface area contributed by atoms with Crippen molar-refractivity contribution in [1.82, 2.24) is 0 Å². The molecule has 0 bridgehead atoms. The van der Waals surface area contributed by atoms with Crippen molar-refractivity contribution in [1.29, 1.82) is 0 Å². The van der Waals surface area contributed by atoms with Crippen LogP contribution in [0.1, 0.15) is 39.0 Å². The second-order valence-corrected chi connectivity index (χ2v) is 5.62. The molecule has 0 aromatic heterocycles. The summed E-state index contributed by atoms with van der Waals surface area (Å²) < 4.78 is 5.31. The summed E-state index contributed by atoms with van der Waals surface area (Å²) in [6.45, 7) is 2.31. The molecule has 0 amide bonds. The maximum Gasteiger partial charge on any atom is 0.143 e. The number of rotatable bonds is 4. The topological polar surface area (TPSA) is 38.5 Å². The van der Waals surface area contributed by atoms with Crippen LogP contribution in [-0.4, -0.2) is 20.2 Å². The van der Waals surface area contributed by atoms with Gasteiger partial charge < -0.3 is 15.4 Å². The normalized spacial score (nSPS) is 23.1. The standard InChI is InChI=1S/C16H26N2O/c1-4-12-5-7-13(8-6-12)18(2)14-9-10-15(17)16(11-14)19-3/h9-13H,4-8,17H2,1-3H3. The molecule has 2 N–H and O–H groups in total. The van der Waals surface area contributed by atoms with E-state index in [-0.39, 0.29) is 0 Å². The van der Waals surface area contributed by atoms with E-state index in [1.807, 2.05) is 12.1 Å². The average Bonchev–Trinajstić information content (AvgIpc) is 2.47. The molecule has 1 saturated carbocycles. The number of hydrogen-bond acceptors (Lipinski definition) is 3. The van der Waals surface area contributed by atoms with Gasteiger partial charge in [0.15, 0.2) is 0 Å². The van der Waals surface area contributed by atoms with Crippen LogP contribution in [0.15, 0.2) is 18.2 Å². The third-order valence-electron chi connectivity index (χ3n) is 4.57. The number of ether oxygens (including phenoxy) is 1. The maximum absolute atomic E-state index is 5.87. The Bertz CT molecular complexity index is 411. The first-order valence-corrected chi connectivity index (χ1v) is 7.32. The summed E-state index contributed by atoms with van der Waals surface area (Å²) >= 11 is 0. The van der Waals surface area contributed by atoms with Crippen molar-refractivity contribution in [2.24, 2.45) is 5.92 Å². The van der Waals surface area contributed by atoms with E-state index in [4.69, 9.17) is 10.5 Å². The van der Waals surface area contributed by atoms with E-state index in [2.05, 4.69) is 24.9 Å². The predicted octanol–water partition coefficient (Wildman–Crippen LogP) is 3.68. The van der Waals surface area contributed by atoms with E-state index < -0.39 is 0 Å². The molecule has 1 aliphatic carbocycles. The lowest BCUT2D eigenvalue weighted by atomic mass is 9.84. The van der Waals surface area contributed by atoms with Crippen LogP contribution in [0.3, 0.4) is 0 Å². The highest BCUT2D eigenvalue weighted by molar-refractivity contribution is 5.62. The molecule has 0 heterocycles. The second-order valence-electron chi connectivity index (χ2n) is 5.62. The van der Waals surface area contributed by atoms with Gasteiger partial charge >= 0.3 is 0 Å². The van der Waals surface area contributed by atoms with E-state index >= 15 is 0 Å². The Morgan fingerprint density at radius 2 is 1.95 bits per heavy atom. The minimum absolute atomic E-state index is 0.649. The molecule has 2 rings (SSSR count). The molecule has 106 valence electrons. The minimum atomic E-state index is 0.649. The lowest BCUT2D eigenvalue weighted by molar-refractivity contribution is 0.313. The fraction of sp³-hybridized carbons (Fsp3) is 0.625. The van der Waals surface area contributed by atoms with Gasteiger partial charge in [0, 0.05) is 24.8 Å². The summed E-state index contributed by atoms with van der Waals surface area (Å²) in [4.78, 5) is 2.38. The highest BCUT2D eigenvalue weighted by atomic mass is 16.5. The van der Waals surface area contributed by atoms with Crippen LogP contribution in [-0.2, 0) is 0 Å². The summed E-state index contributed by atoms with van der Waals surface area (Å²) in [5.74, 6) is 1.71. The summed E-state index contributed by atoms with van der Waals surface area (Å²) in [5, 5.41) is 0. The highest BCUT2D eigenvalue weighted by Gasteiger charge is 2.23. The molecule has 0 radical (unpaired) electrons. The molecule has 1 aromatic rings. The van der Waals surface area contributed by atoms with Crippen molar-refractivity contribution in [3.8, 4) is 5.75 Å². The Labute approximate surface area is 116 Å². The number of nitrogens with zero attached hydrogens (tertiary/aromatic N) is 1. The van der Waals surface area contributed by atoms with Crippen molar-refractivity contribution in [2.75, 3.05) is 24.8 Å². The van der Waals surface area contributed by atoms with Gasteiger partial charge in [-0.3, -0.25) is 0 Å². The zero-order valence-electron chi connectivity index (χ0n) is 12.4. The monoisotopic (exact) mass is 262 g/mol. The lowest BCUT2D eigenvalue weighted by Crippen LogP contribution is -2.35. The maximum atomic E-state index is 5.87. The first-order valence-electron chi connectivity index (χ1n) is 7.32. The second kappa shape index (κ2) is 6.18. The highest BCUT2D eigenvalue weighted by Crippen LogP contribution is 2.33. The summed E-state index contributed by atoms with van der Waals surface area (Å²) in [6.07, 6.45) is 6.63. The number of anilines is 2. The van der Waals surface area contributed by atoms with E-state index in [9.17, 15) is 0 Å². The molecular formula is C16H26N2O. The zero-order valence-corrected chi connectivity index (χ0v) is 12.4. The molecule has 0 spiro atoms. The molecule has 0 unspecified atom stereocenters. The molecule has 0 atom stereocenters. The Morgan fingerprint density at radius 3 is 2.53 bits per heavy atom. The van der Waals surface area contributed by atoms with Gasteiger partial charge in [0.2, 0.25) is 0 Å². The first kappa shape index (κ1) is 14.0. The van der Waals surface area contributed by atoms with E-state index in [1.54, 1.807) is 7.11 Å². The van der Waals surface area contributed by atoms with Gasteiger partial charge in [0.05, 0.1) is 12.8 Å². The van der Waals surface area contributed by atoms with Crippen molar-refractivity contribution in [3.05, 3.63) is 18.2 Å². The van der Waals surface area contributed by atoms with Gasteiger partial charge in [-0.15, -0.1) is 0 Å². The van der Waals surface area contributed by atoms with E-state index in [0.717, 1.165) is 11.7 Å².